The minimum absolute atomic E-state index is 0.0260. The molecular weight excluding hydrogens is 294 g/mol. The van der Waals surface area contributed by atoms with Gasteiger partial charge in [0.05, 0.1) is 12.1 Å². The van der Waals surface area contributed by atoms with Crippen LogP contribution in [-0.4, -0.2) is 35.3 Å². The summed E-state index contributed by atoms with van der Waals surface area (Å²) < 4.78 is 5.23. The first kappa shape index (κ1) is 17.5. The first-order valence-electron chi connectivity index (χ1n) is 8.45. The standard InChI is InChI=1S/C17H27N3O3/c1-3-20(4-2)16(22)17(8-6-5-7-9-17)19-15(21)13-10-14(11-18)23-12-13/h10,12H,3-9,11,18H2,1-2H3,(H,19,21). The second-order valence-corrected chi connectivity index (χ2v) is 6.08. The van der Waals surface area contributed by atoms with E-state index in [0.29, 0.717) is 37.3 Å². The van der Waals surface area contributed by atoms with Crippen LogP contribution in [0.15, 0.2) is 16.7 Å². The zero-order chi connectivity index (χ0) is 16.9. The summed E-state index contributed by atoms with van der Waals surface area (Å²) >= 11 is 0. The van der Waals surface area contributed by atoms with Gasteiger partial charge in [-0.3, -0.25) is 9.59 Å². The minimum atomic E-state index is -0.790. The average Bonchev–Trinajstić information content (AvgIpc) is 3.06. The molecule has 0 spiro atoms. The molecule has 6 heteroatoms. The van der Waals surface area contributed by atoms with Gasteiger partial charge in [0.1, 0.15) is 17.6 Å². The summed E-state index contributed by atoms with van der Waals surface area (Å²) in [5, 5.41) is 3.00. The summed E-state index contributed by atoms with van der Waals surface area (Å²) in [6, 6.07) is 1.63. The van der Waals surface area contributed by atoms with E-state index in [9.17, 15) is 9.59 Å². The number of amides is 2. The van der Waals surface area contributed by atoms with E-state index in [2.05, 4.69) is 5.32 Å². The fourth-order valence-electron chi connectivity index (χ4n) is 3.26. The lowest BCUT2D eigenvalue weighted by Crippen LogP contribution is -2.60. The molecule has 1 saturated carbocycles. The highest BCUT2D eigenvalue weighted by atomic mass is 16.3. The van der Waals surface area contributed by atoms with E-state index in [4.69, 9.17) is 10.2 Å². The van der Waals surface area contributed by atoms with Crippen molar-refractivity contribution < 1.29 is 14.0 Å². The van der Waals surface area contributed by atoms with Crippen LogP contribution >= 0.6 is 0 Å². The van der Waals surface area contributed by atoms with Crippen LogP contribution in [-0.2, 0) is 11.3 Å². The van der Waals surface area contributed by atoms with Crippen LogP contribution in [0.3, 0.4) is 0 Å². The van der Waals surface area contributed by atoms with E-state index in [1.807, 2.05) is 13.8 Å². The number of carbonyl (C=O) groups is 2. The predicted octanol–water partition coefficient (Wildman–Crippen LogP) is 2.04. The third-order valence-corrected chi connectivity index (χ3v) is 4.64. The zero-order valence-electron chi connectivity index (χ0n) is 14.1. The van der Waals surface area contributed by atoms with Gasteiger partial charge >= 0.3 is 0 Å². The van der Waals surface area contributed by atoms with Crippen molar-refractivity contribution in [2.45, 2.75) is 58.0 Å². The number of rotatable bonds is 6. The fraction of sp³-hybridized carbons (Fsp3) is 0.647. The van der Waals surface area contributed by atoms with Crippen molar-refractivity contribution in [2.24, 2.45) is 5.73 Å². The van der Waals surface area contributed by atoms with E-state index in [-0.39, 0.29) is 18.4 Å². The molecule has 0 aliphatic heterocycles. The van der Waals surface area contributed by atoms with Gasteiger partial charge in [-0.1, -0.05) is 19.3 Å². The van der Waals surface area contributed by atoms with Crippen molar-refractivity contribution in [3.05, 3.63) is 23.7 Å². The Labute approximate surface area is 137 Å². The molecule has 1 heterocycles. The van der Waals surface area contributed by atoms with Crippen LogP contribution in [0, 0.1) is 0 Å². The Morgan fingerprint density at radius 3 is 2.43 bits per heavy atom. The lowest BCUT2D eigenvalue weighted by Gasteiger charge is -2.39. The van der Waals surface area contributed by atoms with Gasteiger partial charge in [0.25, 0.3) is 5.91 Å². The first-order chi connectivity index (χ1) is 11.1. The molecule has 0 radical (unpaired) electrons. The molecule has 1 aromatic heterocycles. The second kappa shape index (κ2) is 7.64. The Balaban J connectivity index is 2.20. The zero-order valence-corrected chi connectivity index (χ0v) is 14.1. The number of nitrogens with zero attached hydrogens (tertiary/aromatic N) is 1. The molecular formula is C17H27N3O3. The largest absolute Gasteiger partial charge is 0.467 e. The summed E-state index contributed by atoms with van der Waals surface area (Å²) in [5.41, 5.74) is 5.14. The number of hydrogen-bond donors (Lipinski definition) is 2. The van der Waals surface area contributed by atoms with Crippen molar-refractivity contribution >= 4 is 11.8 Å². The van der Waals surface area contributed by atoms with Crippen LogP contribution in [0.4, 0.5) is 0 Å². The molecule has 0 atom stereocenters. The van der Waals surface area contributed by atoms with Gasteiger partial charge in [-0.05, 0) is 32.8 Å². The smallest absolute Gasteiger partial charge is 0.255 e. The van der Waals surface area contributed by atoms with E-state index in [1.165, 1.54) is 6.26 Å². The van der Waals surface area contributed by atoms with Crippen molar-refractivity contribution in [3.8, 4) is 0 Å². The Morgan fingerprint density at radius 2 is 1.91 bits per heavy atom. The van der Waals surface area contributed by atoms with Crippen LogP contribution < -0.4 is 11.1 Å². The van der Waals surface area contributed by atoms with Crippen molar-refractivity contribution in [2.75, 3.05) is 13.1 Å². The molecule has 0 aromatic carbocycles. The second-order valence-electron chi connectivity index (χ2n) is 6.08. The van der Waals surface area contributed by atoms with Crippen LogP contribution in [0.5, 0.6) is 0 Å². The summed E-state index contributed by atoms with van der Waals surface area (Å²) in [7, 11) is 0. The van der Waals surface area contributed by atoms with Crippen molar-refractivity contribution in [3.63, 3.8) is 0 Å². The highest BCUT2D eigenvalue weighted by Crippen LogP contribution is 2.30. The Hall–Kier alpha value is -1.82. The van der Waals surface area contributed by atoms with Crippen LogP contribution in [0.25, 0.3) is 0 Å². The topological polar surface area (TPSA) is 88.6 Å². The summed E-state index contributed by atoms with van der Waals surface area (Å²) in [4.78, 5) is 27.3. The maximum Gasteiger partial charge on any atom is 0.255 e. The third-order valence-electron chi connectivity index (χ3n) is 4.64. The molecule has 128 valence electrons. The van der Waals surface area contributed by atoms with Crippen LogP contribution in [0.1, 0.15) is 62.1 Å². The SMILES string of the molecule is CCN(CC)C(=O)C1(NC(=O)c2coc(CN)c2)CCCCC1. The molecule has 1 aliphatic carbocycles. The minimum Gasteiger partial charge on any atom is -0.467 e. The van der Waals surface area contributed by atoms with Gasteiger partial charge in [-0.15, -0.1) is 0 Å². The number of nitrogens with one attached hydrogen (secondary N) is 1. The van der Waals surface area contributed by atoms with Gasteiger partial charge < -0.3 is 20.4 Å². The predicted molar refractivity (Wildman–Crippen MR) is 87.8 cm³/mol. The highest BCUT2D eigenvalue weighted by molar-refractivity contribution is 5.99. The Bertz CT molecular complexity index is 543. The molecule has 3 N–H and O–H groups in total. The highest BCUT2D eigenvalue weighted by Gasteiger charge is 2.43. The molecule has 6 nitrogen and oxygen atoms in total. The average molecular weight is 321 g/mol. The summed E-state index contributed by atoms with van der Waals surface area (Å²) in [6.07, 6.45) is 5.78. The van der Waals surface area contributed by atoms with Crippen molar-refractivity contribution in [1.29, 1.82) is 0 Å². The molecule has 0 bridgehead atoms. The van der Waals surface area contributed by atoms with E-state index in [0.717, 1.165) is 19.3 Å². The van der Waals surface area contributed by atoms with Crippen LogP contribution in [0.2, 0.25) is 0 Å². The number of hydrogen-bond acceptors (Lipinski definition) is 4. The molecule has 23 heavy (non-hydrogen) atoms. The maximum atomic E-state index is 13.0. The van der Waals surface area contributed by atoms with E-state index in [1.54, 1.807) is 11.0 Å². The van der Waals surface area contributed by atoms with Gasteiger partial charge in [0.2, 0.25) is 5.91 Å². The number of nitrogens with two attached hydrogens (primary N) is 1. The molecule has 1 aliphatic rings. The normalized spacial score (nSPS) is 16.8. The van der Waals surface area contributed by atoms with Crippen molar-refractivity contribution in [1.82, 2.24) is 10.2 Å². The Morgan fingerprint density at radius 1 is 1.26 bits per heavy atom. The molecule has 1 aromatic rings. The summed E-state index contributed by atoms with van der Waals surface area (Å²) in [5.74, 6) is 0.317. The Kier molecular flexibility index (Phi) is 5.82. The van der Waals surface area contributed by atoms with E-state index >= 15 is 0 Å². The lowest BCUT2D eigenvalue weighted by molar-refractivity contribution is -0.139. The number of furan rings is 1. The third kappa shape index (κ3) is 3.75. The van der Waals surface area contributed by atoms with Gasteiger partial charge in [0.15, 0.2) is 0 Å². The fourth-order valence-corrected chi connectivity index (χ4v) is 3.26. The van der Waals surface area contributed by atoms with Gasteiger partial charge in [-0.25, -0.2) is 0 Å². The molecule has 0 unspecified atom stereocenters. The summed E-state index contributed by atoms with van der Waals surface area (Å²) in [6.45, 7) is 5.47. The first-order valence-corrected chi connectivity index (χ1v) is 8.45. The monoisotopic (exact) mass is 321 g/mol. The maximum absolute atomic E-state index is 13.0. The number of likely N-dealkylation sites (N-methyl/N-ethyl adjacent to an activating group) is 1. The van der Waals surface area contributed by atoms with E-state index < -0.39 is 5.54 Å². The number of carbonyl (C=O) groups excluding carboxylic acids is 2. The quantitative estimate of drug-likeness (QED) is 0.839. The molecule has 0 saturated heterocycles. The van der Waals surface area contributed by atoms with Gasteiger partial charge in [-0.2, -0.15) is 0 Å². The molecule has 1 fully saturated rings. The van der Waals surface area contributed by atoms with Gasteiger partial charge in [0, 0.05) is 13.1 Å². The molecule has 2 rings (SSSR count). The molecule has 2 amide bonds. The lowest BCUT2D eigenvalue weighted by atomic mass is 9.80.